The van der Waals surface area contributed by atoms with Gasteiger partial charge in [0.25, 0.3) is 5.91 Å². The van der Waals surface area contributed by atoms with Crippen LogP contribution in [0.4, 0.5) is 4.39 Å². The van der Waals surface area contributed by atoms with E-state index in [1.165, 1.54) is 18.3 Å². The van der Waals surface area contributed by atoms with E-state index in [2.05, 4.69) is 20.3 Å². The zero-order chi connectivity index (χ0) is 22.7. The smallest absolute Gasteiger partial charge is 0.354 e. The zero-order valence-corrected chi connectivity index (χ0v) is 17.6. The highest BCUT2D eigenvalue weighted by molar-refractivity contribution is 5.96. The summed E-state index contributed by atoms with van der Waals surface area (Å²) < 4.78 is 18.4. The lowest BCUT2D eigenvalue weighted by Crippen LogP contribution is -2.24. The van der Waals surface area contributed by atoms with Crippen LogP contribution in [0.5, 0.6) is 0 Å². The van der Waals surface area contributed by atoms with Crippen molar-refractivity contribution in [1.29, 1.82) is 0 Å². The average molecular weight is 432 g/mol. The summed E-state index contributed by atoms with van der Waals surface area (Å²) in [7, 11) is 0. The molecule has 0 bridgehead atoms. The number of ether oxygens (including phenoxy) is 1. The number of H-pyrrole nitrogens is 1. The van der Waals surface area contributed by atoms with Gasteiger partial charge >= 0.3 is 5.97 Å². The summed E-state index contributed by atoms with van der Waals surface area (Å²) in [4.78, 5) is 36.2. The van der Waals surface area contributed by atoms with Crippen molar-refractivity contribution in [2.45, 2.75) is 20.4 Å². The average Bonchev–Trinajstić information content (AvgIpc) is 3.23. The molecule has 8 heteroatoms. The highest BCUT2D eigenvalue weighted by Crippen LogP contribution is 2.23. The molecule has 4 aromatic rings. The quantitative estimate of drug-likeness (QED) is 0.446. The minimum atomic E-state index is -0.420. The molecule has 0 spiro atoms. The number of aromatic amines is 1. The van der Waals surface area contributed by atoms with Gasteiger partial charge in [-0.05, 0) is 61.4 Å². The van der Waals surface area contributed by atoms with Crippen molar-refractivity contribution in [2.24, 2.45) is 0 Å². The van der Waals surface area contributed by atoms with E-state index in [1.807, 2.05) is 18.2 Å². The number of aryl methyl sites for hydroxylation is 1. The van der Waals surface area contributed by atoms with Crippen molar-refractivity contribution < 1.29 is 18.7 Å². The van der Waals surface area contributed by atoms with E-state index >= 15 is 0 Å². The first-order valence-corrected chi connectivity index (χ1v) is 10.1. The molecule has 0 saturated heterocycles. The molecule has 0 unspecified atom stereocenters. The minimum absolute atomic E-state index is 0.218. The number of aromatic nitrogens is 3. The summed E-state index contributed by atoms with van der Waals surface area (Å²) >= 11 is 0. The number of amides is 1. The standard InChI is InChI=1S/C24H21FN4O3/c1-3-32-24(31)21-12-17-11-16(5-7-19(17)28-21)22-26-9-8-20(29-22)23(30)27-13-15-4-6-18(25)14(2)10-15/h4-12,28H,3,13H2,1-2H3,(H,27,30). The number of nitrogens with one attached hydrogen (secondary N) is 2. The van der Waals surface area contributed by atoms with Crippen LogP contribution >= 0.6 is 0 Å². The monoisotopic (exact) mass is 432 g/mol. The lowest BCUT2D eigenvalue weighted by Gasteiger charge is -2.07. The number of esters is 1. The third-order valence-electron chi connectivity index (χ3n) is 4.94. The van der Waals surface area contributed by atoms with Crippen molar-refractivity contribution in [3.05, 3.63) is 83.1 Å². The van der Waals surface area contributed by atoms with Gasteiger partial charge < -0.3 is 15.0 Å². The normalized spacial score (nSPS) is 10.8. The zero-order valence-electron chi connectivity index (χ0n) is 17.6. The number of carbonyl (C=O) groups is 2. The van der Waals surface area contributed by atoms with Gasteiger partial charge in [0.15, 0.2) is 5.82 Å². The maximum Gasteiger partial charge on any atom is 0.354 e. The van der Waals surface area contributed by atoms with E-state index in [-0.39, 0.29) is 24.0 Å². The van der Waals surface area contributed by atoms with Crippen molar-refractivity contribution in [2.75, 3.05) is 6.61 Å². The van der Waals surface area contributed by atoms with E-state index < -0.39 is 5.97 Å². The summed E-state index contributed by atoms with van der Waals surface area (Å²) in [6.45, 7) is 3.97. The predicted octanol–water partition coefficient (Wildman–Crippen LogP) is 4.18. The van der Waals surface area contributed by atoms with Crippen molar-refractivity contribution in [3.63, 3.8) is 0 Å². The number of nitrogens with zero attached hydrogens (tertiary/aromatic N) is 2. The Kier molecular flexibility index (Phi) is 5.93. The lowest BCUT2D eigenvalue weighted by molar-refractivity contribution is 0.0520. The van der Waals surface area contributed by atoms with E-state index in [4.69, 9.17) is 4.74 Å². The van der Waals surface area contributed by atoms with Gasteiger partial charge in [0, 0.05) is 29.2 Å². The first kappa shape index (κ1) is 21.2. The second kappa shape index (κ2) is 8.97. The Morgan fingerprint density at radius 1 is 1.12 bits per heavy atom. The van der Waals surface area contributed by atoms with E-state index in [0.717, 1.165) is 16.5 Å². The molecule has 4 rings (SSSR count). The van der Waals surface area contributed by atoms with Crippen LogP contribution in [0.3, 0.4) is 0 Å². The maximum atomic E-state index is 13.4. The molecule has 0 radical (unpaired) electrons. The molecule has 0 aliphatic heterocycles. The van der Waals surface area contributed by atoms with Crippen LogP contribution in [0.25, 0.3) is 22.3 Å². The first-order chi connectivity index (χ1) is 15.4. The van der Waals surface area contributed by atoms with E-state index in [9.17, 15) is 14.0 Å². The molecule has 2 aromatic heterocycles. The Hall–Kier alpha value is -4.07. The van der Waals surface area contributed by atoms with Crippen molar-refractivity contribution in [3.8, 4) is 11.4 Å². The second-order valence-corrected chi connectivity index (χ2v) is 7.24. The Balaban J connectivity index is 1.52. The third-order valence-corrected chi connectivity index (χ3v) is 4.94. The Morgan fingerprint density at radius 2 is 1.97 bits per heavy atom. The molecule has 0 aliphatic carbocycles. The molecule has 1 amide bonds. The molecular formula is C24H21FN4O3. The molecular weight excluding hydrogens is 411 g/mol. The molecule has 2 heterocycles. The molecule has 2 aromatic carbocycles. The minimum Gasteiger partial charge on any atom is -0.461 e. The molecule has 0 saturated carbocycles. The van der Waals surface area contributed by atoms with Gasteiger partial charge in [-0.15, -0.1) is 0 Å². The van der Waals surface area contributed by atoms with Gasteiger partial charge in [0.2, 0.25) is 0 Å². The fourth-order valence-corrected chi connectivity index (χ4v) is 3.30. The number of benzene rings is 2. The van der Waals surface area contributed by atoms with Gasteiger partial charge in [-0.1, -0.05) is 12.1 Å². The Morgan fingerprint density at radius 3 is 2.75 bits per heavy atom. The van der Waals surface area contributed by atoms with Crippen LogP contribution in [-0.2, 0) is 11.3 Å². The number of halogens is 1. The molecule has 7 nitrogen and oxygen atoms in total. The number of fused-ring (bicyclic) bond motifs is 1. The van der Waals surface area contributed by atoms with Gasteiger partial charge in [-0.3, -0.25) is 4.79 Å². The van der Waals surface area contributed by atoms with Crippen LogP contribution < -0.4 is 5.32 Å². The van der Waals surface area contributed by atoms with Crippen LogP contribution in [0, 0.1) is 12.7 Å². The predicted molar refractivity (Wildman–Crippen MR) is 118 cm³/mol. The van der Waals surface area contributed by atoms with Crippen LogP contribution in [0.15, 0.2) is 54.7 Å². The van der Waals surface area contributed by atoms with Crippen LogP contribution in [0.2, 0.25) is 0 Å². The molecule has 0 fully saturated rings. The highest BCUT2D eigenvalue weighted by Gasteiger charge is 2.13. The molecule has 0 atom stereocenters. The Bertz CT molecular complexity index is 1320. The summed E-state index contributed by atoms with van der Waals surface area (Å²) in [5, 5.41) is 3.59. The first-order valence-electron chi connectivity index (χ1n) is 10.1. The van der Waals surface area contributed by atoms with Crippen LogP contribution in [0.1, 0.15) is 39.0 Å². The second-order valence-electron chi connectivity index (χ2n) is 7.24. The molecule has 32 heavy (non-hydrogen) atoms. The van der Waals surface area contributed by atoms with Crippen LogP contribution in [-0.4, -0.2) is 33.4 Å². The van der Waals surface area contributed by atoms with Gasteiger partial charge in [-0.25, -0.2) is 19.2 Å². The highest BCUT2D eigenvalue weighted by atomic mass is 19.1. The van der Waals surface area contributed by atoms with Gasteiger partial charge in [0.1, 0.15) is 17.2 Å². The molecule has 162 valence electrons. The fourth-order valence-electron chi connectivity index (χ4n) is 3.30. The van der Waals surface area contributed by atoms with Crippen molar-refractivity contribution in [1.82, 2.24) is 20.3 Å². The third kappa shape index (κ3) is 4.49. The number of hydrogen-bond acceptors (Lipinski definition) is 5. The molecule has 0 aliphatic rings. The SMILES string of the molecule is CCOC(=O)c1cc2cc(-c3nccc(C(=O)NCc4ccc(F)c(C)c4)n3)ccc2[nH]1. The largest absolute Gasteiger partial charge is 0.461 e. The summed E-state index contributed by atoms with van der Waals surface area (Å²) in [6.07, 6.45) is 1.52. The van der Waals surface area contributed by atoms with Crippen molar-refractivity contribution >= 4 is 22.8 Å². The number of carbonyl (C=O) groups excluding carboxylic acids is 2. The summed E-state index contributed by atoms with van der Waals surface area (Å²) in [5.41, 5.74) is 3.38. The number of hydrogen-bond donors (Lipinski definition) is 2. The van der Waals surface area contributed by atoms with E-state index in [1.54, 1.807) is 32.0 Å². The topological polar surface area (TPSA) is 97.0 Å². The molecule has 2 N–H and O–H groups in total. The van der Waals surface area contributed by atoms with E-state index in [0.29, 0.717) is 29.3 Å². The fraction of sp³-hybridized carbons (Fsp3) is 0.167. The lowest BCUT2D eigenvalue weighted by atomic mass is 10.1. The summed E-state index contributed by atoms with van der Waals surface area (Å²) in [6, 6.07) is 13.4. The maximum absolute atomic E-state index is 13.4. The van der Waals surface area contributed by atoms with Gasteiger partial charge in [-0.2, -0.15) is 0 Å². The number of rotatable bonds is 6. The van der Waals surface area contributed by atoms with Gasteiger partial charge in [0.05, 0.1) is 6.61 Å². The Labute approximate surface area is 183 Å². The summed E-state index contributed by atoms with van der Waals surface area (Å²) in [5.74, 6) is -0.676.